The number of alkyl halides is 3. The number of aryl methyl sites for hydroxylation is 2. The van der Waals surface area contributed by atoms with E-state index in [1.807, 2.05) is 0 Å². The minimum atomic E-state index is -4.59. The summed E-state index contributed by atoms with van der Waals surface area (Å²) in [5.41, 5.74) is 1.20. The number of aromatic nitrogens is 4. The third kappa shape index (κ3) is 4.96. The molecular weight excluding hydrogens is 519 g/mol. The Morgan fingerprint density at radius 3 is 2.74 bits per heavy atom. The van der Waals surface area contributed by atoms with Crippen LogP contribution in [0.1, 0.15) is 50.7 Å². The van der Waals surface area contributed by atoms with Crippen LogP contribution in [-0.2, 0) is 22.9 Å². The Labute approximate surface area is 219 Å². The molecule has 0 radical (unpaired) electrons. The fraction of sp³-hybridized carbons (Fsp3) is 0.269. The van der Waals surface area contributed by atoms with Gasteiger partial charge in [-0.1, -0.05) is 6.07 Å². The summed E-state index contributed by atoms with van der Waals surface area (Å²) < 4.78 is 43.9. The second-order valence-corrected chi connectivity index (χ2v) is 9.91. The van der Waals surface area contributed by atoms with Crippen molar-refractivity contribution in [3.63, 3.8) is 0 Å². The molecule has 3 heterocycles. The average Bonchev–Trinajstić information content (AvgIpc) is 3.39. The van der Waals surface area contributed by atoms with Gasteiger partial charge in [-0.15, -0.1) is 11.3 Å². The quantitative estimate of drug-likeness (QED) is 0.322. The predicted octanol–water partition coefficient (Wildman–Crippen LogP) is 5.42. The molecule has 1 aromatic carbocycles. The second-order valence-electron chi connectivity index (χ2n) is 8.88. The van der Waals surface area contributed by atoms with Gasteiger partial charge in [0.15, 0.2) is 0 Å². The van der Waals surface area contributed by atoms with Crippen LogP contribution in [0, 0.1) is 6.92 Å². The van der Waals surface area contributed by atoms with Gasteiger partial charge in [0, 0.05) is 23.8 Å². The zero-order chi connectivity index (χ0) is 27.1. The number of hydrogen-bond donors (Lipinski definition) is 2. The van der Waals surface area contributed by atoms with Crippen LogP contribution in [0.3, 0.4) is 0 Å². The Morgan fingerprint density at radius 1 is 1.16 bits per heavy atom. The lowest BCUT2D eigenvalue weighted by molar-refractivity contribution is -0.141. The summed E-state index contributed by atoms with van der Waals surface area (Å²) in [5.74, 6) is -0.635. The first-order valence-electron chi connectivity index (χ1n) is 11.6. The number of carbonyl (C=O) groups is 1. The number of methoxy groups -OCH3 is 1. The molecule has 0 fully saturated rings. The van der Waals surface area contributed by atoms with Crippen molar-refractivity contribution >= 4 is 28.9 Å². The van der Waals surface area contributed by atoms with Crippen LogP contribution in [0.5, 0.6) is 0 Å². The third-order valence-corrected chi connectivity index (χ3v) is 7.40. The average molecular weight is 542 g/mol. The molecule has 1 aliphatic carbocycles. The molecule has 38 heavy (non-hydrogen) atoms. The lowest BCUT2D eigenvalue weighted by Crippen LogP contribution is -2.32. The standard InChI is InChI=1S/C26H22F3N5O3S/c1-14-10-17(33-24-30-9-7-21(34-24)26(27,28)29)12-19(32-14)20-13-31-23(38-20)25(36)8-3-4-15-11-16(22(35)37-2)5-6-18(15)25/h5-7,9-13,36H,3-4,8H2,1-2H3,(H,30,32,33,34). The molecule has 3 aromatic heterocycles. The van der Waals surface area contributed by atoms with Gasteiger partial charge in [-0.05, 0) is 67.6 Å². The van der Waals surface area contributed by atoms with Gasteiger partial charge in [0.05, 0.1) is 23.2 Å². The molecule has 2 N–H and O–H groups in total. The van der Waals surface area contributed by atoms with Crippen LogP contribution in [0.25, 0.3) is 10.6 Å². The van der Waals surface area contributed by atoms with E-state index in [4.69, 9.17) is 4.74 Å². The maximum absolute atomic E-state index is 13.0. The molecule has 1 aliphatic rings. The molecule has 0 saturated heterocycles. The zero-order valence-corrected chi connectivity index (χ0v) is 21.2. The van der Waals surface area contributed by atoms with E-state index in [1.165, 1.54) is 18.4 Å². The van der Waals surface area contributed by atoms with Crippen LogP contribution < -0.4 is 5.32 Å². The molecule has 8 nitrogen and oxygen atoms in total. The minimum absolute atomic E-state index is 0.194. The molecule has 1 unspecified atom stereocenters. The molecule has 0 spiro atoms. The Bertz CT molecular complexity index is 1520. The highest BCUT2D eigenvalue weighted by Gasteiger charge is 2.39. The van der Waals surface area contributed by atoms with Gasteiger partial charge in [-0.2, -0.15) is 13.2 Å². The summed E-state index contributed by atoms with van der Waals surface area (Å²) in [6.45, 7) is 1.76. The summed E-state index contributed by atoms with van der Waals surface area (Å²) in [6, 6.07) is 9.25. The Morgan fingerprint density at radius 2 is 1.97 bits per heavy atom. The number of nitrogens with zero attached hydrogens (tertiary/aromatic N) is 4. The maximum atomic E-state index is 13.0. The van der Waals surface area contributed by atoms with Crippen LogP contribution >= 0.6 is 11.3 Å². The molecule has 1 atom stereocenters. The number of anilines is 2. The molecule has 0 bridgehead atoms. The highest BCUT2D eigenvalue weighted by Crippen LogP contribution is 2.44. The van der Waals surface area contributed by atoms with E-state index in [0.717, 1.165) is 17.8 Å². The van der Waals surface area contributed by atoms with Crippen LogP contribution in [0.4, 0.5) is 24.8 Å². The fourth-order valence-electron chi connectivity index (χ4n) is 4.50. The van der Waals surface area contributed by atoms with Crippen molar-refractivity contribution in [2.45, 2.75) is 38.0 Å². The monoisotopic (exact) mass is 541 g/mol. The lowest BCUT2D eigenvalue weighted by Gasteiger charge is -2.33. The number of halogens is 3. The van der Waals surface area contributed by atoms with Gasteiger partial charge in [0.2, 0.25) is 5.95 Å². The summed E-state index contributed by atoms with van der Waals surface area (Å²) in [7, 11) is 1.32. The van der Waals surface area contributed by atoms with E-state index in [1.54, 1.807) is 43.5 Å². The van der Waals surface area contributed by atoms with Gasteiger partial charge in [0.25, 0.3) is 0 Å². The lowest BCUT2D eigenvalue weighted by atomic mass is 9.79. The fourth-order valence-corrected chi connectivity index (χ4v) is 5.51. The molecule has 0 aliphatic heterocycles. The Kier molecular flexibility index (Phi) is 6.61. The number of pyridine rings is 1. The number of aliphatic hydroxyl groups is 1. The number of hydrogen-bond acceptors (Lipinski definition) is 9. The maximum Gasteiger partial charge on any atom is 0.433 e. The van der Waals surface area contributed by atoms with Crippen LogP contribution in [-0.4, -0.2) is 38.1 Å². The van der Waals surface area contributed by atoms with E-state index in [9.17, 15) is 23.1 Å². The van der Waals surface area contributed by atoms with Gasteiger partial charge in [-0.3, -0.25) is 4.98 Å². The number of rotatable bonds is 5. The molecule has 196 valence electrons. The van der Waals surface area contributed by atoms with Crippen molar-refractivity contribution in [2.75, 3.05) is 12.4 Å². The van der Waals surface area contributed by atoms with E-state index in [-0.39, 0.29) is 5.95 Å². The first-order valence-corrected chi connectivity index (χ1v) is 12.5. The van der Waals surface area contributed by atoms with Crippen molar-refractivity contribution in [2.24, 2.45) is 0 Å². The smallest absolute Gasteiger partial charge is 0.433 e. The Hall–Kier alpha value is -3.90. The second kappa shape index (κ2) is 9.76. The van der Waals surface area contributed by atoms with E-state index >= 15 is 0 Å². The van der Waals surface area contributed by atoms with Crippen molar-refractivity contribution in [3.05, 3.63) is 81.9 Å². The number of fused-ring (bicyclic) bond motifs is 1. The molecular formula is C26H22F3N5O3S. The summed E-state index contributed by atoms with van der Waals surface area (Å²) in [6.07, 6.45) is -0.0492. The molecule has 12 heteroatoms. The van der Waals surface area contributed by atoms with Crippen molar-refractivity contribution < 1.29 is 27.8 Å². The highest BCUT2D eigenvalue weighted by molar-refractivity contribution is 7.15. The first kappa shape index (κ1) is 25.7. The number of ether oxygens (including phenoxy) is 1. The molecule has 5 rings (SSSR count). The molecule has 0 amide bonds. The largest absolute Gasteiger partial charge is 0.465 e. The van der Waals surface area contributed by atoms with Crippen LogP contribution in [0.2, 0.25) is 0 Å². The van der Waals surface area contributed by atoms with E-state index < -0.39 is 23.4 Å². The zero-order valence-electron chi connectivity index (χ0n) is 20.3. The number of benzene rings is 1. The number of nitrogens with one attached hydrogen (secondary N) is 1. The number of esters is 1. The van der Waals surface area contributed by atoms with Gasteiger partial charge < -0.3 is 15.2 Å². The minimum Gasteiger partial charge on any atom is -0.465 e. The van der Waals surface area contributed by atoms with Crippen LogP contribution in [0.15, 0.2) is 48.8 Å². The van der Waals surface area contributed by atoms with Crippen molar-refractivity contribution in [1.29, 1.82) is 0 Å². The SMILES string of the molecule is COC(=O)c1ccc2c(c1)CCCC2(O)c1ncc(-c2cc(Nc3nccc(C(F)(F)F)n3)cc(C)n2)s1. The van der Waals surface area contributed by atoms with Crippen molar-refractivity contribution in [3.8, 4) is 10.6 Å². The normalized spacial score (nSPS) is 17.1. The number of thiazole rings is 1. The topological polar surface area (TPSA) is 110 Å². The van der Waals surface area contributed by atoms with Crippen molar-refractivity contribution in [1.82, 2.24) is 19.9 Å². The van der Waals surface area contributed by atoms with E-state index in [2.05, 4.69) is 25.3 Å². The van der Waals surface area contributed by atoms with Gasteiger partial charge in [0.1, 0.15) is 16.3 Å². The summed E-state index contributed by atoms with van der Waals surface area (Å²) in [4.78, 5) is 29.1. The van der Waals surface area contributed by atoms with Gasteiger partial charge >= 0.3 is 12.1 Å². The predicted molar refractivity (Wildman–Crippen MR) is 134 cm³/mol. The third-order valence-electron chi connectivity index (χ3n) is 6.22. The molecule has 0 saturated carbocycles. The highest BCUT2D eigenvalue weighted by atomic mass is 32.1. The van der Waals surface area contributed by atoms with Gasteiger partial charge in [-0.25, -0.2) is 19.7 Å². The van der Waals surface area contributed by atoms with E-state index in [0.29, 0.717) is 57.3 Å². The molecule has 4 aromatic rings. The first-order chi connectivity index (χ1) is 18.1. The summed E-state index contributed by atoms with van der Waals surface area (Å²) >= 11 is 1.28. The number of carbonyl (C=O) groups excluding carboxylic acids is 1. The Balaban J connectivity index is 1.45. The summed E-state index contributed by atoms with van der Waals surface area (Å²) in [5, 5.41) is 15.0.